The number of hydrogen-bond acceptors (Lipinski definition) is 8. The quantitative estimate of drug-likeness (QED) is 0.322. The lowest BCUT2D eigenvalue weighted by molar-refractivity contribution is -0.158. The van der Waals surface area contributed by atoms with E-state index in [4.69, 9.17) is 14.2 Å². The molecule has 2 aromatic carbocycles. The van der Waals surface area contributed by atoms with Gasteiger partial charge in [0, 0.05) is 26.4 Å². The summed E-state index contributed by atoms with van der Waals surface area (Å²) in [6.45, 7) is 5.39. The number of ether oxygens (including phenoxy) is 3. The Morgan fingerprint density at radius 1 is 0.977 bits per heavy atom. The summed E-state index contributed by atoms with van der Waals surface area (Å²) in [6, 6.07) is 14.9. The summed E-state index contributed by atoms with van der Waals surface area (Å²) in [4.78, 5) is 69.1. The van der Waals surface area contributed by atoms with Gasteiger partial charge in [0.1, 0.15) is 24.3 Å². The number of esters is 2. The molecule has 11 heteroatoms. The van der Waals surface area contributed by atoms with Gasteiger partial charge in [0.05, 0.1) is 7.11 Å². The van der Waals surface area contributed by atoms with Crippen LogP contribution in [-0.2, 0) is 46.4 Å². The maximum absolute atomic E-state index is 14.3. The molecule has 1 unspecified atom stereocenters. The summed E-state index contributed by atoms with van der Waals surface area (Å²) >= 11 is 0. The molecule has 0 bridgehead atoms. The molecule has 0 aliphatic carbocycles. The van der Waals surface area contributed by atoms with Crippen molar-refractivity contribution in [2.24, 2.45) is 0 Å². The van der Waals surface area contributed by atoms with Gasteiger partial charge >= 0.3 is 18.0 Å². The van der Waals surface area contributed by atoms with Crippen molar-refractivity contribution in [2.45, 2.75) is 83.2 Å². The number of benzene rings is 2. The lowest BCUT2D eigenvalue weighted by atomic mass is 9.85. The standard InChI is InChI=1S/C33H41N3O8/c1-22-13-15-25(16-14-22)20-33(31(40)34-28(30(39)42-4)23(2)44-24(3)37)17-9-19-36(33)29(38)27-12-8-18-35(27)32(41)43-21-26-10-6-5-7-11-26/h5-7,10-11,13-16,23,27-28H,8-9,12,17-21H2,1-4H3,(H,34,40)/t23-,27+,28+,33?/m1/s1. The first kappa shape index (κ1) is 32.5. The van der Waals surface area contributed by atoms with Gasteiger partial charge in [-0.15, -0.1) is 0 Å². The molecule has 2 heterocycles. The first-order valence-electron chi connectivity index (χ1n) is 15.0. The summed E-state index contributed by atoms with van der Waals surface area (Å²) < 4.78 is 15.7. The van der Waals surface area contributed by atoms with Crippen LogP contribution in [0.1, 0.15) is 56.2 Å². The van der Waals surface area contributed by atoms with Crippen molar-refractivity contribution in [1.29, 1.82) is 0 Å². The van der Waals surface area contributed by atoms with E-state index in [-0.39, 0.29) is 18.9 Å². The number of hydrogen-bond donors (Lipinski definition) is 1. The average molecular weight is 608 g/mol. The van der Waals surface area contributed by atoms with Crippen LogP contribution < -0.4 is 5.32 Å². The largest absolute Gasteiger partial charge is 0.467 e. The third kappa shape index (κ3) is 7.38. The SMILES string of the molecule is COC(=O)[C@@H](NC(=O)C1(Cc2ccc(C)cc2)CCCN1C(=O)[C@@H]1CCCN1C(=O)OCc1ccccc1)[C@@H](C)OC(C)=O. The number of methoxy groups -OCH3 is 1. The Morgan fingerprint density at radius 2 is 1.68 bits per heavy atom. The van der Waals surface area contributed by atoms with Crippen LogP contribution in [0.3, 0.4) is 0 Å². The maximum atomic E-state index is 14.3. The summed E-state index contributed by atoms with van der Waals surface area (Å²) in [5, 5.41) is 2.75. The smallest absolute Gasteiger partial charge is 0.410 e. The first-order chi connectivity index (χ1) is 21.1. The number of nitrogens with zero attached hydrogens (tertiary/aromatic N) is 2. The highest BCUT2D eigenvalue weighted by Gasteiger charge is 2.53. The van der Waals surface area contributed by atoms with Gasteiger partial charge in [0.25, 0.3) is 0 Å². The highest BCUT2D eigenvalue weighted by Crippen LogP contribution is 2.36. The number of rotatable bonds is 10. The molecule has 2 fully saturated rings. The van der Waals surface area contributed by atoms with Crippen molar-refractivity contribution < 1.29 is 38.2 Å². The zero-order valence-electron chi connectivity index (χ0n) is 25.7. The van der Waals surface area contributed by atoms with Gasteiger partial charge in [-0.1, -0.05) is 60.2 Å². The third-order valence-corrected chi connectivity index (χ3v) is 8.34. The van der Waals surface area contributed by atoms with Gasteiger partial charge in [0.15, 0.2) is 6.04 Å². The van der Waals surface area contributed by atoms with Crippen LogP contribution in [0.25, 0.3) is 0 Å². The van der Waals surface area contributed by atoms with Crippen LogP contribution in [0.15, 0.2) is 54.6 Å². The fourth-order valence-corrected chi connectivity index (χ4v) is 6.07. The second kappa shape index (κ2) is 14.4. The summed E-state index contributed by atoms with van der Waals surface area (Å²) in [5.41, 5.74) is 1.35. The van der Waals surface area contributed by atoms with E-state index in [0.717, 1.165) is 16.7 Å². The molecule has 2 aliphatic rings. The predicted octanol–water partition coefficient (Wildman–Crippen LogP) is 3.31. The minimum absolute atomic E-state index is 0.0794. The Balaban J connectivity index is 1.62. The van der Waals surface area contributed by atoms with Gasteiger partial charge in [-0.2, -0.15) is 0 Å². The van der Waals surface area contributed by atoms with Gasteiger partial charge in [-0.25, -0.2) is 9.59 Å². The molecular formula is C33H41N3O8. The Morgan fingerprint density at radius 3 is 2.34 bits per heavy atom. The van der Waals surface area contributed by atoms with E-state index in [1.165, 1.54) is 25.9 Å². The van der Waals surface area contributed by atoms with E-state index in [0.29, 0.717) is 38.8 Å². The fraction of sp³-hybridized carbons (Fsp3) is 0.485. The zero-order valence-corrected chi connectivity index (χ0v) is 25.7. The number of nitrogens with one attached hydrogen (secondary N) is 1. The zero-order chi connectivity index (χ0) is 31.9. The lowest BCUT2D eigenvalue weighted by Gasteiger charge is -2.40. The molecular weight excluding hydrogens is 566 g/mol. The Kier molecular flexibility index (Phi) is 10.6. The fourth-order valence-electron chi connectivity index (χ4n) is 6.07. The Labute approximate surface area is 257 Å². The van der Waals surface area contributed by atoms with Gasteiger partial charge in [-0.3, -0.25) is 19.3 Å². The van der Waals surface area contributed by atoms with E-state index in [9.17, 15) is 24.0 Å². The molecule has 2 aromatic rings. The number of likely N-dealkylation sites (tertiary alicyclic amines) is 2. The molecule has 4 atom stereocenters. The number of carbonyl (C=O) groups is 5. The summed E-state index contributed by atoms with van der Waals surface area (Å²) in [6.07, 6.45) is 0.511. The molecule has 0 radical (unpaired) electrons. The number of aryl methyl sites for hydroxylation is 1. The second-order valence-corrected chi connectivity index (χ2v) is 11.5. The molecule has 11 nitrogen and oxygen atoms in total. The van der Waals surface area contributed by atoms with E-state index in [1.54, 1.807) is 4.90 Å². The van der Waals surface area contributed by atoms with E-state index in [1.807, 2.05) is 61.5 Å². The molecule has 0 spiro atoms. The molecule has 3 amide bonds. The van der Waals surface area contributed by atoms with Gasteiger partial charge in [-0.05, 0) is 50.7 Å². The van der Waals surface area contributed by atoms with Crippen molar-refractivity contribution in [1.82, 2.24) is 15.1 Å². The van der Waals surface area contributed by atoms with Crippen molar-refractivity contribution in [3.63, 3.8) is 0 Å². The first-order valence-corrected chi connectivity index (χ1v) is 15.0. The minimum atomic E-state index is -1.36. The highest BCUT2D eigenvalue weighted by molar-refractivity contribution is 5.97. The van der Waals surface area contributed by atoms with Crippen LogP contribution >= 0.6 is 0 Å². The Bertz CT molecular complexity index is 1350. The van der Waals surface area contributed by atoms with E-state index in [2.05, 4.69) is 5.32 Å². The van der Waals surface area contributed by atoms with Crippen LogP contribution in [0, 0.1) is 6.92 Å². The van der Waals surface area contributed by atoms with Crippen LogP contribution in [0.5, 0.6) is 0 Å². The molecule has 2 saturated heterocycles. The topological polar surface area (TPSA) is 132 Å². The molecule has 0 saturated carbocycles. The summed E-state index contributed by atoms with van der Waals surface area (Å²) in [7, 11) is 1.18. The Hall–Kier alpha value is -4.41. The average Bonchev–Trinajstić information content (AvgIpc) is 3.68. The molecule has 4 rings (SSSR count). The highest BCUT2D eigenvalue weighted by atomic mass is 16.6. The van der Waals surface area contributed by atoms with Crippen molar-refractivity contribution in [3.8, 4) is 0 Å². The molecule has 2 aliphatic heterocycles. The molecule has 0 aromatic heterocycles. The lowest BCUT2D eigenvalue weighted by Crippen LogP contribution is -2.64. The van der Waals surface area contributed by atoms with E-state index >= 15 is 0 Å². The predicted molar refractivity (Wildman–Crippen MR) is 160 cm³/mol. The normalized spacial score (nSPS) is 20.9. The minimum Gasteiger partial charge on any atom is -0.467 e. The number of amides is 3. The van der Waals surface area contributed by atoms with Crippen LogP contribution in [-0.4, -0.2) is 83.6 Å². The maximum Gasteiger partial charge on any atom is 0.410 e. The van der Waals surface area contributed by atoms with Gasteiger partial charge in [0.2, 0.25) is 11.8 Å². The van der Waals surface area contributed by atoms with Gasteiger partial charge < -0.3 is 24.4 Å². The summed E-state index contributed by atoms with van der Waals surface area (Å²) in [5.74, 6) is -2.30. The third-order valence-electron chi connectivity index (χ3n) is 8.34. The van der Waals surface area contributed by atoms with Crippen LogP contribution in [0.2, 0.25) is 0 Å². The van der Waals surface area contributed by atoms with Crippen LogP contribution in [0.4, 0.5) is 4.79 Å². The van der Waals surface area contributed by atoms with Crippen molar-refractivity contribution in [2.75, 3.05) is 20.2 Å². The van der Waals surface area contributed by atoms with Crippen molar-refractivity contribution in [3.05, 3.63) is 71.3 Å². The monoisotopic (exact) mass is 607 g/mol. The molecule has 44 heavy (non-hydrogen) atoms. The molecule has 236 valence electrons. The van der Waals surface area contributed by atoms with E-state index < -0.39 is 47.7 Å². The second-order valence-electron chi connectivity index (χ2n) is 11.5. The number of carbonyl (C=O) groups excluding carboxylic acids is 5. The van der Waals surface area contributed by atoms with Crippen molar-refractivity contribution >= 4 is 29.8 Å². The molecule has 1 N–H and O–H groups in total.